The van der Waals surface area contributed by atoms with Crippen molar-refractivity contribution in [2.24, 2.45) is 29.6 Å². The third-order valence-corrected chi connectivity index (χ3v) is 7.24. The number of nitrogens with one attached hydrogen (secondary N) is 1. The van der Waals surface area contributed by atoms with E-state index in [4.69, 9.17) is 22.1 Å². The van der Waals surface area contributed by atoms with E-state index in [1.807, 2.05) is 39.0 Å². The fraction of sp³-hybridized carbons (Fsp3) is 0.688. The van der Waals surface area contributed by atoms with Crippen LogP contribution >= 0.6 is 0 Å². The van der Waals surface area contributed by atoms with Crippen molar-refractivity contribution in [3.8, 4) is 11.5 Å². The maximum atomic E-state index is 12.9. The molecule has 0 aliphatic rings. The zero-order valence-corrected chi connectivity index (χ0v) is 26.1. The second-order valence-electron chi connectivity index (χ2n) is 12.4. The molecule has 0 saturated heterocycles. The molecule has 1 amide bonds. The minimum Gasteiger partial charge on any atom is -0.493 e. The van der Waals surface area contributed by atoms with Gasteiger partial charge in [-0.25, -0.2) is 4.79 Å². The molecule has 39 heavy (non-hydrogen) atoms. The monoisotopic (exact) mass is 541 g/mol. The highest BCUT2D eigenvalue weighted by molar-refractivity contribution is 6.08. The Hall–Kier alpha value is -2.44. The van der Waals surface area contributed by atoms with Gasteiger partial charge in [-0.1, -0.05) is 53.6 Å². The Kier molecular flexibility index (Phi) is 14.2. The second kappa shape index (κ2) is 16.0. The fourth-order valence-corrected chi connectivity index (χ4v) is 4.92. The Morgan fingerprint density at radius 1 is 1.00 bits per heavy atom. The number of benzene rings is 1. The lowest BCUT2D eigenvalue weighted by Gasteiger charge is -2.34. The summed E-state index contributed by atoms with van der Waals surface area (Å²) >= 11 is 0. The predicted octanol–water partition coefficient (Wildman–Crippen LogP) is 7.51. The number of ketones is 1. The molecule has 218 valence electrons. The van der Waals surface area contributed by atoms with Gasteiger partial charge in [0.05, 0.1) is 21.6 Å². The van der Waals surface area contributed by atoms with Gasteiger partial charge in [0.1, 0.15) is 11.4 Å². The first-order valence-electron chi connectivity index (χ1n) is 14.3. The van der Waals surface area contributed by atoms with Crippen molar-refractivity contribution >= 4 is 25.3 Å². The molecule has 1 aromatic rings. The number of carbonyl (C=O) groups excluding carboxylic acids is 2. The summed E-state index contributed by atoms with van der Waals surface area (Å²) in [6, 6.07) is 5.66. The van der Waals surface area contributed by atoms with E-state index in [1.165, 1.54) is 0 Å². The number of hydrogen-bond donors (Lipinski definition) is 1. The molecule has 7 heteroatoms. The lowest BCUT2D eigenvalue weighted by molar-refractivity contribution is -0.122. The Morgan fingerprint density at radius 2 is 1.62 bits per heavy atom. The molecule has 0 aromatic heterocycles. The van der Waals surface area contributed by atoms with Crippen LogP contribution in [0.15, 0.2) is 24.8 Å². The molecule has 1 unspecified atom stereocenters. The van der Waals surface area contributed by atoms with E-state index in [1.54, 1.807) is 14.0 Å². The summed E-state index contributed by atoms with van der Waals surface area (Å²) in [4.78, 5) is 25.3. The molecule has 2 radical (unpaired) electrons. The maximum absolute atomic E-state index is 12.9. The summed E-state index contributed by atoms with van der Waals surface area (Å²) in [5.41, 5.74) is 1.32. The highest BCUT2D eigenvalue weighted by Crippen LogP contribution is 2.38. The van der Waals surface area contributed by atoms with Gasteiger partial charge < -0.3 is 19.5 Å². The first-order chi connectivity index (χ1) is 18.1. The van der Waals surface area contributed by atoms with Crippen LogP contribution in [0.25, 0.3) is 5.57 Å². The molecular weight excluding hydrogens is 489 g/mol. The smallest absolute Gasteiger partial charge is 0.407 e. The number of rotatable bonds is 16. The van der Waals surface area contributed by atoms with Crippen LogP contribution in [0.4, 0.5) is 4.79 Å². The third kappa shape index (κ3) is 11.7. The number of hydrogen-bond acceptors (Lipinski definition) is 5. The van der Waals surface area contributed by atoms with Crippen molar-refractivity contribution in [1.29, 1.82) is 0 Å². The lowest BCUT2D eigenvalue weighted by atomic mass is 9.75. The van der Waals surface area contributed by atoms with Crippen LogP contribution in [-0.4, -0.2) is 45.1 Å². The van der Waals surface area contributed by atoms with E-state index in [0.29, 0.717) is 37.3 Å². The number of amides is 1. The predicted molar refractivity (Wildman–Crippen MR) is 162 cm³/mol. The zero-order chi connectivity index (χ0) is 29.9. The van der Waals surface area contributed by atoms with Crippen molar-refractivity contribution < 1.29 is 23.8 Å². The molecule has 4 atom stereocenters. The molecule has 1 aromatic carbocycles. The van der Waals surface area contributed by atoms with E-state index >= 15 is 0 Å². The summed E-state index contributed by atoms with van der Waals surface area (Å²) in [5, 5.41) is 3.14. The number of allylic oxidation sites excluding steroid dienone is 1. The van der Waals surface area contributed by atoms with Crippen LogP contribution < -0.4 is 14.8 Å². The van der Waals surface area contributed by atoms with E-state index in [9.17, 15) is 9.59 Å². The van der Waals surface area contributed by atoms with Crippen molar-refractivity contribution in [3.05, 3.63) is 30.3 Å². The van der Waals surface area contributed by atoms with Gasteiger partial charge in [-0.15, -0.1) is 0 Å². The Morgan fingerprint density at radius 3 is 2.10 bits per heavy atom. The number of carbonyl (C=O) groups is 2. The maximum Gasteiger partial charge on any atom is 0.407 e. The van der Waals surface area contributed by atoms with E-state index < -0.39 is 11.7 Å². The molecule has 1 rings (SSSR count). The first-order valence-corrected chi connectivity index (χ1v) is 14.3. The average molecular weight is 542 g/mol. The Balaban J connectivity index is 3.32. The van der Waals surface area contributed by atoms with Crippen LogP contribution in [0.2, 0.25) is 6.32 Å². The first kappa shape index (κ1) is 34.6. The second-order valence-corrected chi connectivity index (χ2v) is 12.4. The van der Waals surface area contributed by atoms with Crippen LogP contribution in [0.1, 0.15) is 87.1 Å². The fourth-order valence-electron chi connectivity index (χ4n) is 4.92. The van der Waals surface area contributed by atoms with Gasteiger partial charge in [-0.05, 0) is 93.9 Å². The highest BCUT2D eigenvalue weighted by Gasteiger charge is 2.32. The minimum absolute atomic E-state index is 0.0499. The minimum atomic E-state index is -0.609. The van der Waals surface area contributed by atoms with Gasteiger partial charge in [0, 0.05) is 12.0 Å². The van der Waals surface area contributed by atoms with Crippen molar-refractivity contribution in [3.63, 3.8) is 0 Å². The molecule has 0 saturated carbocycles. The van der Waals surface area contributed by atoms with Crippen LogP contribution in [0.3, 0.4) is 0 Å². The molecule has 0 aliphatic heterocycles. The summed E-state index contributed by atoms with van der Waals surface area (Å²) in [6.45, 7) is 22.8. The van der Waals surface area contributed by atoms with Crippen LogP contribution in [-0.2, 0) is 9.53 Å². The standard InChI is InChI=1S/C32H52BNO5/c1-20(2)26(23(6)25-13-14-29(37-11)30(18-25)38-16-12-15-33)19-28(34-31(36)39-32(8,9)10)22(5)17-27(21(3)4)24(7)35/h13-14,18,20-22,26-28H,6,12,15-17,19H2,1-5,7-11H3,(H,34,36)/t22-,26-,27?,28-/m0/s1. The number of alkyl carbamates (subject to hydrolysis) is 1. The summed E-state index contributed by atoms with van der Waals surface area (Å²) in [5.74, 6) is 2.01. The largest absolute Gasteiger partial charge is 0.493 e. The third-order valence-electron chi connectivity index (χ3n) is 7.24. The van der Waals surface area contributed by atoms with Gasteiger partial charge in [-0.2, -0.15) is 0 Å². The van der Waals surface area contributed by atoms with Crippen molar-refractivity contribution in [1.82, 2.24) is 5.32 Å². The molecule has 0 fully saturated rings. The van der Waals surface area contributed by atoms with Crippen molar-refractivity contribution in [2.45, 2.75) is 99.5 Å². The molecule has 0 heterocycles. The van der Waals surface area contributed by atoms with Crippen molar-refractivity contribution in [2.75, 3.05) is 13.7 Å². The Bertz CT molecular complexity index is 937. The number of methoxy groups -OCH3 is 1. The van der Waals surface area contributed by atoms with E-state index in [2.05, 4.69) is 46.5 Å². The molecule has 0 spiro atoms. The van der Waals surface area contributed by atoms with E-state index in [0.717, 1.165) is 17.6 Å². The molecule has 0 aliphatic carbocycles. The Labute approximate surface area is 239 Å². The highest BCUT2D eigenvalue weighted by atomic mass is 16.6. The zero-order valence-electron chi connectivity index (χ0n) is 26.1. The average Bonchev–Trinajstić information content (AvgIpc) is 2.82. The molecule has 0 bridgehead atoms. The van der Waals surface area contributed by atoms with Gasteiger partial charge in [0.15, 0.2) is 11.5 Å². The summed E-state index contributed by atoms with van der Waals surface area (Å²) in [7, 11) is 7.25. The van der Waals surface area contributed by atoms with E-state index in [-0.39, 0.29) is 41.4 Å². The molecular formula is C32H52BNO5. The lowest BCUT2D eigenvalue weighted by Crippen LogP contribution is -2.44. The SMILES string of the molecule is [B]CCCOc1cc(C(=C)[C@@H](C[C@H](NC(=O)OC(C)(C)C)[C@@H](C)CC(C(C)=O)C(C)C)C(C)C)ccc1OC. The van der Waals surface area contributed by atoms with Gasteiger partial charge in [0.2, 0.25) is 0 Å². The van der Waals surface area contributed by atoms with Gasteiger partial charge in [0.25, 0.3) is 0 Å². The molecule has 1 N–H and O–H groups in total. The van der Waals surface area contributed by atoms with Gasteiger partial charge in [-0.3, -0.25) is 4.79 Å². The van der Waals surface area contributed by atoms with Crippen LogP contribution in [0.5, 0.6) is 11.5 Å². The summed E-state index contributed by atoms with van der Waals surface area (Å²) in [6.07, 6.45) is 2.20. The number of Topliss-reactive ketones (excluding diaryl/α,β-unsaturated/α-hetero) is 1. The van der Waals surface area contributed by atoms with Crippen LogP contribution in [0, 0.1) is 29.6 Å². The summed E-state index contributed by atoms with van der Waals surface area (Å²) < 4.78 is 17.1. The number of ether oxygens (including phenoxy) is 3. The normalized spacial score (nSPS) is 14.9. The molecule has 6 nitrogen and oxygen atoms in total. The topological polar surface area (TPSA) is 73.9 Å². The van der Waals surface area contributed by atoms with Gasteiger partial charge >= 0.3 is 6.09 Å². The quantitative estimate of drug-likeness (QED) is 0.173.